The third-order valence-corrected chi connectivity index (χ3v) is 19.1. The van der Waals surface area contributed by atoms with E-state index in [4.69, 9.17) is 17.9 Å². The number of hydrogen-bond donors (Lipinski definition) is 0. The number of pyridine rings is 1. The molecule has 76 heavy (non-hydrogen) atoms. The largest absolute Gasteiger partial charge is 0.458 e. The van der Waals surface area contributed by atoms with Crippen LogP contribution in [-0.4, -0.2) is 22.2 Å². The van der Waals surface area contributed by atoms with Gasteiger partial charge in [0, 0.05) is 23.0 Å². The summed E-state index contributed by atoms with van der Waals surface area (Å²) in [5.41, 5.74) is 4.85. The lowest BCUT2D eigenvalue weighted by Gasteiger charge is -2.35. The molecule has 13 aromatic rings. The first-order valence-electron chi connectivity index (χ1n) is 30.2. The number of rotatable bonds is 11. The Bertz CT molecular complexity index is 4610. The van der Waals surface area contributed by atoms with Crippen molar-refractivity contribution in [1.82, 2.24) is 14.1 Å². The Labute approximate surface area is 458 Å². The summed E-state index contributed by atoms with van der Waals surface area (Å²) in [5, 5.41) is 6.57. The van der Waals surface area contributed by atoms with E-state index in [1.54, 1.807) is 22.8 Å². The topological polar surface area (TPSA) is 35.9 Å². The maximum atomic E-state index is 9.19. The van der Waals surface area contributed by atoms with E-state index in [-0.39, 0.29) is 33.4 Å². The fourth-order valence-corrected chi connectivity index (χ4v) is 15.7. The maximum absolute atomic E-state index is 9.19. The van der Waals surface area contributed by atoms with Crippen LogP contribution in [0.25, 0.3) is 72.3 Å². The highest BCUT2D eigenvalue weighted by molar-refractivity contribution is 7.20. The van der Waals surface area contributed by atoms with Gasteiger partial charge in [0.05, 0.1) is 47.1 Å². The molecule has 5 nitrogen and oxygen atoms in total. The van der Waals surface area contributed by atoms with Gasteiger partial charge in [-0.2, -0.15) is 0 Å². The Balaban J connectivity index is 1.08. The van der Waals surface area contributed by atoms with Crippen LogP contribution in [-0.2, 0) is 5.41 Å². The molecule has 0 unspecified atom stereocenters. The summed E-state index contributed by atoms with van der Waals surface area (Å²) in [6, 6.07) is 64.0. The molecule has 0 N–H and O–H groups in total. The second-order valence-corrected chi connectivity index (χ2v) is 23.6. The predicted molar refractivity (Wildman–Crippen MR) is 315 cm³/mol. The van der Waals surface area contributed by atoms with Crippen LogP contribution in [0.3, 0.4) is 0 Å². The minimum absolute atomic E-state index is 0.140. The Morgan fingerprint density at radius 1 is 0.526 bits per heavy atom. The van der Waals surface area contributed by atoms with E-state index < -0.39 is 68.5 Å². The van der Waals surface area contributed by atoms with Crippen molar-refractivity contribution in [2.75, 3.05) is 0 Å². The highest BCUT2D eigenvalue weighted by Gasteiger charge is 2.44. The molecule has 0 aliphatic carbocycles. The van der Waals surface area contributed by atoms with Gasteiger partial charge in [0.25, 0.3) is 6.33 Å². The number of aromatic nitrogens is 4. The molecule has 0 aliphatic heterocycles. The van der Waals surface area contributed by atoms with E-state index in [0.29, 0.717) is 28.2 Å². The van der Waals surface area contributed by atoms with Gasteiger partial charge in [-0.25, -0.2) is 4.98 Å². The molecule has 0 radical (unpaired) electrons. The maximum Gasteiger partial charge on any atom is 0.269 e. The SMILES string of the molecule is [2H]c1c([2H])c([2H])c(-c2cccc(-c3c([2H])c([2H])c([2H])c([2H])c3[2H])c2-[n+]2[c-]n(-c3cccc(Oc4cc5c(cc4[Si](c4ccccc4)(c4ccccc4)c4ccccc4)c4ccccc4n5-c4cc(C(C)(C)C)ccn4)c3)c3ccccc32)c([2H])c1[2H]. The Morgan fingerprint density at radius 2 is 1.09 bits per heavy atom. The first kappa shape index (κ1) is 36.5. The minimum Gasteiger partial charge on any atom is -0.458 e. The molecular weight excluding hydrogens is 941 g/mol. The summed E-state index contributed by atoms with van der Waals surface area (Å²) in [7, 11) is -3.34. The van der Waals surface area contributed by atoms with Crippen molar-refractivity contribution in [2.45, 2.75) is 26.2 Å². The van der Waals surface area contributed by atoms with Crippen LogP contribution in [0, 0.1) is 6.33 Å². The molecule has 0 bridgehead atoms. The van der Waals surface area contributed by atoms with Gasteiger partial charge in [-0.05, 0) is 96.4 Å². The minimum atomic E-state index is -3.34. The molecular formula is C70H54N4OSi. The van der Waals surface area contributed by atoms with Gasteiger partial charge in [-0.15, -0.1) is 0 Å². The van der Waals surface area contributed by atoms with Crippen molar-refractivity contribution in [1.29, 1.82) is 0 Å². The van der Waals surface area contributed by atoms with Gasteiger partial charge in [-0.3, -0.25) is 13.7 Å². The fourth-order valence-electron chi connectivity index (χ4n) is 10.8. The van der Waals surface area contributed by atoms with Gasteiger partial charge in [0.1, 0.15) is 17.3 Å². The van der Waals surface area contributed by atoms with Gasteiger partial charge in [0.15, 0.2) is 8.07 Å². The van der Waals surface area contributed by atoms with E-state index in [9.17, 15) is 5.48 Å². The van der Waals surface area contributed by atoms with Crippen LogP contribution in [0.4, 0.5) is 0 Å². The molecule has 6 heteroatoms. The van der Waals surface area contributed by atoms with Gasteiger partial charge < -0.3 is 4.74 Å². The first-order chi connectivity index (χ1) is 41.5. The fraction of sp³-hybridized carbons (Fsp3) is 0.0571. The molecule has 0 amide bonds. The number of benzene rings is 10. The smallest absolute Gasteiger partial charge is 0.269 e. The summed E-state index contributed by atoms with van der Waals surface area (Å²) < 4.78 is 102. The monoisotopic (exact) mass is 1000 g/mol. The second kappa shape index (κ2) is 19.2. The number of hydrogen-bond acceptors (Lipinski definition) is 2. The van der Waals surface area contributed by atoms with Crippen molar-refractivity contribution in [3.63, 3.8) is 0 Å². The van der Waals surface area contributed by atoms with Crippen molar-refractivity contribution in [3.8, 4) is 50.9 Å². The molecule has 0 saturated carbocycles. The summed E-state index contributed by atoms with van der Waals surface area (Å²) in [5.74, 6) is 1.89. The molecule has 13 rings (SSSR count). The number of fused-ring (bicyclic) bond motifs is 4. The lowest BCUT2D eigenvalue weighted by molar-refractivity contribution is -0.571. The Hall–Kier alpha value is -9.36. The number of nitrogens with zero attached hydrogens (tertiary/aromatic N) is 4. The normalized spacial score (nSPS) is 13.7. The lowest BCUT2D eigenvalue weighted by atomic mass is 9.88. The number of ether oxygens (including phenoxy) is 1. The molecule has 10 aromatic carbocycles. The molecule has 0 atom stereocenters. The van der Waals surface area contributed by atoms with Gasteiger partial charge >= 0.3 is 0 Å². The van der Waals surface area contributed by atoms with E-state index >= 15 is 0 Å². The number of para-hydroxylation sites is 4. The zero-order valence-electron chi connectivity index (χ0n) is 51.9. The van der Waals surface area contributed by atoms with Crippen molar-refractivity contribution in [3.05, 3.63) is 285 Å². The van der Waals surface area contributed by atoms with E-state index in [1.165, 1.54) is 0 Å². The molecule has 364 valence electrons. The summed E-state index contributed by atoms with van der Waals surface area (Å²) >= 11 is 0. The van der Waals surface area contributed by atoms with Crippen LogP contribution in [0.5, 0.6) is 11.5 Å². The average molecular weight is 1010 g/mol. The van der Waals surface area contributed by atoms with Crippen LogP contribution < -0.4 is 30.1 Å². The molecule has 0 fully saturated rings. The third-order valence-electron chi connectivity index (χ3n) is 14.3. The average Bonchev–Trinajstić information content (AvgIpc) is 1.57. The lowest BCUT2D eigenvalue weighted by Crippen LogP contribution is -2.74. The summed E-state index contributed by atoms with van der Waals surface area (Å²) in [4.78, 5) is 5.04. The molecule has 0 saturated heterocycles. The zero-order valence-corrected chi connectivity index (χ0v) is 42.9. The highest BCUT2D eigenvalue weighted by Crippen LogP contribution is 2.38. The van der Waals surface area contributed by atoms with E-state index in [1.807, 2.05) is 77.5 Å². The second-order valence-electron chi connectivity index (χ2n) is 19.8. The Kier molecular flexibility index (Phi) is 9.21. The quantitative estimate of drug-likeness (QED) is 0.0560. The van der Waals surface area contributed by atoms with E-state index in [2.05, 4.69) is 153 Å². The van der Waals surface area contributed by atoms with Gasteiger partial charge in [-0.1, -0.05) is 239 Å². The molecule has 0 aliphatic rings. The molecule has 3 heterocycles. The van der Waals surface area contributed by atoms with Crippen LogP contribution in [0.1, 0.15) is 40.0 Å². The van der Waals surface area contributed by atoms with Gasteiger partial charge in [0.2, 0.25) is 0 Å². The summed E-state index contributed by atoms with van der Waals surface area (Å²) in [6.07, 6.45) is 5.42. The number of imidazole rings is 1. The van der Waals surface area contributed by atoms with Crippen LogP contribution in [0.15, 0.2) is 273 Å². The third kappa shape index (κ3) is 8.02. The van der Waals surface area contributed by atoms with Crippen LogP contribution >= 0.6 is 0 Å². The van der Waals surface area contributed by atoms with Crippen molar-refractivity contribution < 1.29 is 23.0 Å². The van der Waals surface area contributed by atoms with Crippen LogP contribution in [0.2, 0.25) is 0 Å². The van der Waals surface area contributed by atoms with Crippen molar-refractivity contribution >= 4 is 61.7 Å². The highest BCUT2D eigenvalue weighted by atomic mass is 28.3. The molecule has 0 spiro atoms. The van der Waals surface area contributed by atoms with Crippen molar-refractivity contribution in [2.24, 2.45) is 0 Å². The Morgan fingerprint density at radius 3 is 1.71 bits per heavy atom. The zero-order chi connectivity index (χ0) is 59.9. The van der Waals surface area contributed by atoms with E-state index in [0.717, 1.165) is 53.9 Å². The predicted octanol–water partition coefficient (Wildman–Crippen LogP) is 14.0. The standard InChI is InChI=1S/C70H54N4OSi/c1-70(2,3)52-43-44-71-68(45-52)74-62-40-20-19-37-60(62)61-47-67(76(55-31-13-6-14-32-55,56-33-15-7-16-34-56)57-35-17-8-18-36-57)66(48-65(61)74)75-54-30-23-29-53(46-54)72-49-73(64-42-22-21-41-63(64)72)69-58(50-25-9-4-10-26-50)38-24-39-59(69)51-27-11-5-12-28-51/h4-48H,1-3H3/i4D,5D,9D,10D,11D,12D,25D,26D,27D,28D. The first-order valence-corrected chi connectivity index (χ1v) is 27.2. The summed E-state index contributed by atoms with van der Waals surface area (Å²) in [6.45, 7) is 6.60. The molecule has 3 aromatic heterocycles.